The molecule has 2 aliphatic rings. The molecule has 0 radical (unpaired) electrons. The third-order valence-electron chi connectivity index (χ3n) is 3.61. The van der Waals surface area contributed by atoms with Crippen molar-refractivity contribution in [3.8, 4) is 0 Å². The highest BCUT2D eigenvalue weighted by Crippen LogP contribution is 2.35. The van der Waals surface area contributed by atoms with E-state index in [0.29, 0.717) is 12.6 Å². The summed E-state index contributed by atoms with van der Waals surface area (Å²) in [6.07, 6.45) is 2.92. The third-order valence-corrected chi connectivity index (χ3v) is 5.01. The maximum absolute atomic E-state index is 11.9. The van der Waals surface area contributed by atoms with Crippen LogP contribution in [-0.4, -0.2) is 54.7 Å². The van der Waals surface area contributed by atoms with E-state index in [1.165, 1.54) is 31.4 Å². The first-order chi connectivity index (χ1) is 8.27. The van der Waals surface area contributed by atoms with Gasteiger partial charge in [-0.25, -0.2) is 8.78 Å². The molecule has 5 heteroatoms. The molecular weight excluding hydrogens is 244 g/mol. The Kier molecular flexibility index (Phi) is 5.50. The normalized spacial score (nSPS) is 30.5. The van der Waals surface area contributed by atoms with Gasteiger partial charge in [-0.3, -0.25) is 4.90 Å². The molecular formula is C12H21F2NOS. The molecule has 0 bridgehead atoms. The van der Waals surface area contributed by atoms with Crippen molar-refractivity contribution >= 4 is 11.8 Å². The van der Waals surface area contributed by atoms with Crippen molar-refractivity contribution in [3.05, 3.63) is 0 Å². The van der Waals surface area contributed by atoms with Gasteiger partial charge in [0.2, 0.25) is 0 Å². The van der Waals surface area contributed by atoms with Gasteiger partial charge in [0.1, 0.15) is 6.61 Å². The molecule has 1 saturated heterocycles. The molecule has 1 heterocycles. The summed E-state index contributed by atoms with van der Waals surface area (Å²) in [5, 5.41) is 0.771. The van der Waals surface area contributed by atoms with E-state index in [4.69, 9.17) is 4.74 Å². The van der Waals surface area contributed by atoms with E-state index >= 15 is 0 Å². The zero-order chi connectivity index (χ0) is 12.1. The second-order valence-corrected chi connectivity index (χ2v) is 6.11. The lowest BCUT2D eigenvalue weighted by atomic mass is 9.93. The van der Waals surface area contributed by atoms with Crippen molar-refractivity contribution in [1.29, 1.82) is 0 Å². The number of rotatable bonds is 5. The van der Waals surface area contributed by atoms with Gasteiger partial charge in [-0.05, 0) is 12.8 Å². The summed E-state index contributed by atoms with van der Waals surface area (Å²) in [6, 6.07) is 0.664. The molecule has 100 valence electrons. The first-order valence-electron chi connectivity index (χ1n) is 6.49. The van der Waals surface area contributed by atoms with E-state index in [1.54, 1.807) is 0 Å². The lowest BCUT2D eigenvalue weighted by Gasteiger charge is -2.43. The number of nitrogens with zero attached hydrogens (tertiary/aromatic N) is 1. The Labute approximate surface area is 106 Å². The number of thioether (sulfide) groups is 1. The van der Waals surface area contributed by atoms with E-state index in [-0.39, 0.29) is 0 Å². The molecule has 2 atom stereocenters. The molecule has 0 spiro atoms. The smallest absolute Gasteiger partial charge is 0.261 e. The van der Waals surface area contributed by atoms with Crippen LogP contribution in [0.1, 0.15) is 25.7 Å². The number of ether oxygens (including phenoxy) is 1. The van der Waals surface area contributed by atoms with Crippen molar-refractivity contribution in [2.45, 2.75) is 43.4 Å². The van der Waals surface area contributed by atoms with Gasteiger partial charge in [0.25, 0.3) is 6.43 Å². The van der Waals surface area contributed by atoms with Crippen molar-refractivity contribution < 1.29 is 13.5 Å². The Bertz CT molecular complexity index is 229. The highest BCUT2D eigenvalue weighted by molar-refractivity contribution is 8.00. The first-order valence-corrected chi connectivity index (χ1v) is 7.54. The molecule has 1 saturated carbocycles. The molecule has 2 nitrogen and oxygen atoms in total. The highest BCUT2D eigenvalue weighted by atomic mass is 32.2. The standard InChI is InChI=1S/C12H21F2NOS/c13-12(14)9-16-7-5-15-6-8-17-11-4-2-1-3-10(11)15/h10-12H,1-9H2/t10-,11-/m0/s1. The van der Waals surface area contributed by atoms with Crippen LogP contribution in [0.2, 0.25) is 0 Å². The minimum absolute atomic E-state index is 0.420. The van der Waals surface area contributed by atoms with E-state index in [2.05, 4.69) is 16.7 Å². The first kappa shape index (κ1) is 13.6. The zero-order valence-corrected chi connectivity index (χ0v) is 10.9. The summed E-state index contributed by atoms with van der Waals surface area (Å²) < 4.78 is 28.8. The Morgan fingerprint density at radius 1 is 1.29 bits per heavy atom. The van der Waals surface area contributed by atoms with Crippen LogP contribution in [0.25, 0.3) is 0 Å². The predicted molar refractivity (Wildman–Crippen MR) is 66.9 cm³/mol. The number of fused-ring (bicyclic) bond motifs is 1. The zero-order valence-electron chi connectivity index (χ0n) is 10.1. The van der Waals surface area contributed by atoms with Gasteiger partial charge in [0.15, 0.2) is 0 Å². The van der Waals surface area contributed by atoms with Crippen LogP contribution in [0.3, 0.4) is 0 Å². The van der Waals surface area contributed by atoms with Crippen LogP contribution in [-0.2, 0) is 4.74 Å². The molecule has 0 aromatic heterocycles. The minimum Gasteiger partial charge on any atom is -0.374 e. The number of hydrogen-bond acceptors (Lipinski definition) is 3. The van der Waals surface area contributed by atoms with Crippen LogP contribution >= 0.6 is 11.8 Å². The third kappa shape index (κ3) is 4.07. The number of alkyl halides is 2. The lowest BCUT2D eigenvalue weighted by Crippen LogP contribution is -2.50. The summed E-state index contributed by atoms with van der Waals surface area (Å²) in [5.74, 6) is 1.18. The number of hydrogen-bond donors (Lipinski definition) is 0. The Morgan fingerprint density at radius 2 is 2.12 bits per heavy atom. The Balaban J connectivity index is 1.71. The van der Waals surface area contributed by atoms with E-state index in [9.17, 15) is 8.78 Å². The summed E-state index contributed by atoms with van der Waals surface area (Å²) >= 11 is 2.09. The fourth-order valence-electron chi connectivity index (χ4n) is 2.81. The molecule has 0 N–H and O–H groups in total. The molecule has 17 heavy (non-hydrogen) atoms. The van der Waals surface area contributed by atoms with Gasteiger partial charge < -0.3 is 4.74 Å². The topological polar surface area (TPSA) is 12.5 Å². The molecule has 1 aliphatic carbocycles. The fourth-order valence-corrected chi connectivity index (χ4v) is 4.31. The second kappa shape index (κ2) is 6.90. The van der Waals surface area contributed by atoms with Gasteiger partial charge in [0, 0.05) is 30.1 Å². The van der Waals surface area contributed by atoms with Crippen molar-refractivity contribution in [3.63, 3.8) is 0 Å². The summed E-state index contributed by atoms with van der Waals surface area (Å²) in [4.78, 5) is 2.45. The predicted octanol–water partition coefficient (Wildman–Crippen LogP) is 2.63. The molecule has 1 aliphatic heterocycles. The Morgan fingerprint density at radius 3 is 2.94 bits per heavy atom. The monoisotopic (exact) mass is 265 g/mol. The fraction of sp³-hybridized carbons (Fsp3) is 1.00. The van der Waals surface area contributed by atoms with Gasteiger partial charge in [-0.1, -0.05) is 12.8 Å². The minimum atomic E-state index is -2.34. The Hall–Kier alpha value is 0.130. The maximum atomic E-state index is 11.9. The van der Waals surface area contributed by atoms with Gasteiger partial charge in [-0.2, -0.15) is 11.8 Å². The number of halogens is 2. The molecule has 2 fully saturated rings. The summed E-state index contributed by atoms with van der Waals surface area (Å²) in [6.45, 7) is 1.92. The average Bonchev–Trinajstić information content (AvgIpc) is 2.34. The lowest BCUT2D eigenvalue weighted by molar-refractivity contribution is 0.00454. The largest absolute Gasteiger partial charge is 0.374 e. The van der Waals surface area contributed by atoms with E-state index in [0.717, 1.165) is 18.3 Å². The van der Waals surface area contributed by atoms with Gasteiger partial charge in [0.05, 0.1) is 6.61 Å². The van der Waals surface area contributed by atoms with E-state index < -0.39 is 13.0 Å². The van der Waals surface area contributed by atoms with Crippen LogP contribution in [0.4, 0.5) is 8.78 Å². The van der Waals surface area contributed by atoms with Crippen molar-refractivity contribution in [2.24, 2.45) is 0 Å². The van der Waals surface area contributed by atoms with Crippen molar-refractivity contribution in [1.82, 2.24) is 4.90 Å². The quantitative estimate of drug-likeness (QED) is 0.709. The average molecular weight is 265 g/mol. The highest BCUT2D eigenvalue weighted by Gasteiger charge is 2.33. The van der Waals surface area contributed by atoms with E-state index in [1.807, 2.05) is 0 Å². The van der Waals surface area contributed by atoms with Gasteiger partial charge in [-0.15, -0.1) is 0 Å². The second-order valence-electron chi connectivity index (χ2n) is 4.76. The molecule has 0 aromatic rings. The van der Waals surface area contributed by atoms with Crippen molar-refractivity contribution in [2.75, 3.05) is 32.1 Å². The molecule has 2 rings (SSSR count). The summed E-state index contributed by atoms with van der Waals surface area (Å²) in [7, 11) is 0. The van der Waals surface area contributed by atoms with Crippen LogP contribution in [0.5, 0.6) is 0 Å². The van der Waals surface area contributed by atoms with Crippen LogP contribution < -0.4 is 0 Å². The molecule has 0 aromatic carbocycles. The molecule has 0 amide bonds. The van der Waals surface area contributed by atoms with Gasteiger partial charge >= 0.3 is 0 Å². The summed E-state index contributed by atoms with van der Waals surface area (Å²) in [5.41, 5.74) is 0. The van der Waals surface area contributed by atoms with Crippen LogP contribution in [0.15, 0.2) is 0 Å². The maximum Gasteiger partial charge on any atom is 0.261 e. The van der Waals surface area contributed by atoms with Crippen LogP contribution in [0, 0.1) is 0 Å². The molecule has 0 unspecified atom stereocenters. The SMILES string of the molecule is FC(F)COCCN1CCS[C@H]2CCCC[C@@H]21.